The molecule has 0 atom stereocenters. The maximum atomic E-state index is 11.1. The number of carbonyl (C=O) groups excluding carboxylic acids is 1. The fourth-order valence-electron chi connectivity index (χ4n) is 1.30. The van der Waals surface area contributed by atoms with Crippen molar-refractivity contribution in [3.8, 4) is 17.2 Å². The van der Waals surface area contributed by atoms with Crippen molar-refractivity contribution in [3.63, 3.8) is 0 Å². The van der Waals surface area contributed by atoms with E-state index >= 15 is 0 Å². The first-order chi connectivity index (χ1) is 7.15. The van der Waals surface area contributed by atoms with Crippen LogP contribution < -0.4 is 19.9 Å². The van der Waals surface area contributed by atoms with E-state index in [0.717, 1.165) is 0 Å². The lowest BCUT2D eigenvalue weighted by Crippen LogP contribution is -2.13. The predicted octanol–water partition coefficient (Wildman–Crippen LogP) is 1.23. The van der Waals surface area contributed by atoms with Gasteiger partial charge in [-0.3, -0.25) is 4.79 Å². The molecule has 2 N–H and O–H groups in total. The van der Waals surface area contributed by atoms with Gasteiger partial charge < -0.3 is 19.9 Å². The number of benzene rings is 1. The number of hydrogen-bond donors (Lipinski definition) is 1. The average molecular weight is 248 g/mol. The molecule has 0 saturated heterocycles. The number of nitrogens with two attached hydrogens (primary N) is 1. The molecule has 0 aliphatic carbocycles. The highest BCUT2D eigenvalue weighted by Gasteiger charge is 2.18. The Balaban J connectivity index is 0.00000225. The summed E-state index contributed by atoms with van der Waals surface area (Å²) >= 11 is 0. The molecule has 5 nitrogen and oxygen atoms in total. The lowest BCUT2D eigenvalue weighted by molar-refractivity contribution is 0.0996. The van der Waals surface area contributed by atoms with E-state index in [9.17, 15) is 4.79 Å². The molecule has 0 unspecified atom stereocenters. The zero-order valence-corrected chi connectivity index (χ0v) is 10.1. The minimum atomic E-state index is -0.576. The molecule has 0 spiro atoms. The van der Waals surface area contributed by atoms with Crippen molar-refractivity contribution in [1.29, 1.82) is 0 Å². The number of carbonyl (C=O) groups is 1. The molecule has 0 aromatic heterocycles. The van der Waals surface area contributed by atoms with E-state index in [2.05, 4.69) is 0 Å². The zero-order chi connectivity index (χ0) is 11.4. The fourth-order valence-corrected chi connectivity index (χ4v) is 1.30. The Morgan fingerprint density at radius 2 is 1.62 bits per heavy atom. The quantitative estimate of drug-likeness (QED) is 0.869. The summed E-state index contributed by atoms with van der Waals surface area (Å²) in [5.74, 6) is 0.549. The van der Waals surface area contributed by atoms with Crippen molar-refractivity contribution in [2.45, 2.75) is 0 Å². The van der Waals surface area contributed by atoms with Gasteiger partial charge in [-0.1, -0.05) is 0 Å². The molecule has 1 aromatic carbocycles. The van der Waals surface area contributed by atoms with Crippen LogP contribution >= 0.6 is 12.4 Å². The Morgan fingerprint density at radius 3 is 2.00 bits per heavy atom. The summed E-state index contributed by atoms with van der Waals surface area (Å²) in [7, 11) is 4.40. The van der Waals surface area contributed by atoms with Crippen LogP contribution in [0.2, 0.25) is 0 Å². The smallest absolute Gasteiger partial charge is 0.252 e. The topological polar surface area (TPSA) is 70.8 Å². The van der Waals surface area contributed by atoms with Crippen molar-refractivity contribution in [2.24, 2.45) is 5.73 Å². The van der Waals surface area contributed by atoms with E-state index in [4.69, 9.17) is 19.9 Å². The Bertz CT molecular complexity index is 381. The van der Waals surface area contributed by atoms with Crippen LogP contribution in [0.3, 0.4) is 0 Å². The SMILES string of the molecule is COc1ccc(C(N)=O)c(OC)c1OC.Cl. The Kier molecular flexibility index (Phi) is 5.46. The van der Waals surface area contributed by atoms with Crippen LogP contribution in [-0.2, 0) is 0 Å². The minimum absolute atomic E-state index is 0. The molecule has 0 radical (unpaired) electrons. The molecule has 0 saturated carbocycles. The van der Waals surface area contributed by atoms with Gasteiger partial charge in [0.2, 0.25) is 5.75 Å². The molecule has 0 aliphatic heterocycles. The summed E-state index contributed by atoms with van der Waals surface area (Å²) < 4.78 is 15.2. The van der Waals surface area contributed by atoms with Gasteiger partial charge in [0.15, 0.2) is 11.5 Å². The second kappa shape index (κ2) is 6.07. The lowest BCUT2D eigenvalue weighted by atomic mass is 10.1. The molecular weight excluding hydrogens is 234 g/mol. The van der Waals surface area contributed by atoms with E-state index in [1.165, 1.54) is 27.4 Å². The van der Waals surface area contributed by atoms with Crippen molar-refractivity contribution in [2.75, 3.05) is 21.3 Å². The monoisotopic (exact) mass is 247 g/mol. The van der Waals surface area contributed by atoms with Crippen molar-refractivity contribution >= 4 is 18.3 Å². The minimum Gasteiger partial charge on any atom is -0.493 e. The van der Waals surface area contributed by atoms with Gasteiger partial charge in [-0.2, -0.15) is 0 Å². The molecule has 1 rings (SSSR count). The Morgan fingerprint density at radius 1 is 1.06 bits per heavy atom. The number of amides is 1. The number of methoxy groups -OCH3 is 3. The van der Waals surface area contributed by atoms with Gasteiger partial charge in [0.25, 0.3) is 5.91 Å². The van der Waals surface area contributed by atoms with Gasteiger partial charge in [-0.05, 0) is 12.1 Å². The second-order valence-electron chi connectivity index (χ2n) is 2.75. The summed E-state index contributed by atoms with van der Waals surface area (Å²) in [6.45, 7) is 0. The van der Waals surface area contributed by atoms with Gasteiger partial charge in [-0.15, -0.1) is 12.4 Å². The number of rotatable bonds is 4. The Labute approximate surface area is 99.9 Å². The zero-order valence-electron chi connectivity index (χ0n) is 9.27. The average Bonchev–Trinajstić information content (AvgIpc) is 2.26. The van der Waals surface area contributed by atoms with Gasteiger partial charge in [0.1, 0.15) is 0 Å². The number of hydrogen-bond acceptors (Lipinski definition) is 4. The van der Waals surface area contributed by atoms with Gasteiger partial charge in [-0.25, -0.2) is 0 Å². The third-order valence-electron chi connectivity index (χ3n) is 1.97. The largest absolute Gasteiger partial charge is 0.493 e. The third-order valence-corrected chi connectivity index (χ3v) is 1.97. The summed E-state index contributed by atoms with van der Waals surface area (Å²) in [5, 5.41) is 0. The van der Waals surface area contributed by atoms with E-state index in [1.807, 2.05) is 0 Å². The Hall–Kier alpha value is -1.62. The fraction of sp³-hybridized carbons (Fsp3) is 0.300. The molecule has 0 fully saturated rings. The van der Waals surface area contributed by atoms with E-state index in [0.29, 0.717) is 11.5 Å². The lowest BCUT2D eigenvalue weighted by Gasteiger charge is -2.13. The van der Waals surface area contributed by atoms with Crippen LogP contribution in [0.25, 0.3) is 0 Å². The normalized spacial score (nSPS) is 8.94. The highest BCUT2D eigenvalue weighted by Crippen LogP contribution is 2.39. The maximum Gasteiger partial charge on any atom is 0.252 e. The van der Waals surface area contributed by atoms with Gasteiger partial charge in [0.05, 0.1) is 26.9 Å². The summed E-state index contributed by atoms with van der Waals surface area (Å²) in [6, 6.07) is 3.13. The first-order valence-corrected chi connectivity index (χ1v) is 4.24. The highest BCUT2D eigenvalue weighted by molar-refractivity contribution is 5.97. The number of primary amides is 1. The maximum absolute atomic E-state index is 11.1. The highest BCUT2D eigenvalue weighted by atomic mass is 35.5. The number of ether oxygens (including phenoxy) is 3. The first kappa shape index (κ1) is 14.4. The standard InChI is InChI=1S/C10H13NO4.ClH/c1-13-7-5-4-6(10(11)12)8(14-2)9(7)15-3;/h4-5H,1-3H3,(H2,11,12);1H. The van der Waals surface area contributed by atoms with Crippen LogP contribution in [0.15, 0.2) is 12.1 Å². The van der Waals surface area contributed by atoms with Crippen molar-refractivity contribution < 1.29 is 19.0 Å². The van der Waals surface area contributed by atoms with Crippen molar-refractivity contribution in [1.82, 2.24) is 0 Å². The summed E-state index contributed by atoms with van der Waals surface area (Å²) in [6.07, 6.45) is 0. The molecule has 0 bridgehead atoms. The predicted molar refractivity (Wildman–Crippen MR) is 61.9 cm³/mol. The molecule has 1 aromatic rings. The van der Waals surface area contributed by atoms with Crippen LogP contribution in [-0.4, -0.2) is 27.2 Å². The van der Waals surface area contributed by atoms with Crippen LogP contribution in [0.5, 0.6) is 17.2 Å². The van der Waals surface area contributed by atoms with E-state index in [-0.39, 0.29) is 23.7 Å². The second-order valence-corrected chi connectivity index (χ2v) is 2.75. The summed E-state index contributed by atoms with van der Waals surface area (Å²) in [5.41, 5.74) is 5.45. The summed E-state index contributed by atoms with van der Waals surface area (Å²) in [4.78, 5) is 11.1. The van der Waals surface area contributed by atoms with Crippen LogP contribution in [0.4, 0.5) is 0 Å². The van der Waals surface area contributed by atoms with Crippen LogP contribution in [0, 0.1) is 0 Å². The number of halogens is 1. The molecule has 6 heteroatoms. The van der Waals surface area contributed by atoms with Gasteiger partial charge >= 0.3 is 0 Å². The molecule has 16 heavy (non-hydrogen) atoms. The third kappa shape index (κ3) is 2.49. The van der Waals surface area contributed by atoms with Crippen molar-refractivity contribution in [3.05, 3.63) is 17.7 Å². The van der Waals surface area contributed by atoms with Gasteiger partial charge in [0, 0.05) is 0 Å². The first-order valence-electron chi connectivity index (χ1n) is 4.24. The molecule has 0 heterocycles. The van der Waals surface area contributed by atoms with E-state index in [1.54, 1.807) is 6.07 Å². The molecule has 1 amide bonds. The molecule has 0 aliphatic rings. The molecular formula is C10H14ClNO4. The molecule has 90 valence electrons. The van der Waals surface area contributed by atoms with E-state index < -0.39 is 5.91 Å². The van der Waals surface area contributed by atoms with Crippen LogP contribution in [0.1, 0.15) is 10.4 Å².